The molecule has 2 heterocycles. The Bertz CT molecular complexity index is 1670. The van der Waals surface area contributed by atoms with E-state index in [1.807, 2.05) is 36.4 Å². The second kappa shape index (κ2) is 9.77. The highest BCUT2D eigenvalue weighted by Crippen LogP contribution is 2.27. The smallest absolute Gasteiger partial charge is 0.287 e. The summed E-state index contributed by atoms with van der Waals surface area (Å²) in [6.07, 6.45) is 2.54. The lowest BCUT2D eigenvalue weighted by atomic mass is 10.2. The largest absolute Gasteiger partial charge is 0.438 e. The van der Waals surface area contributed by atoms with E-state index in [-0.39, 0.29) is 17.1 Å². The molecule has 0 unspecified atom stereocenters. The van der Waals surface area contributed by atoms with Crippen LogP contribution in [0.15, 0.2) is 101 Å². The predicted molar refractivity (Wildman–Crippen MR) is 137 cm³/mol. The van der Waals surface area contributed by atoms with Crippen molar-refractivity contribution in [3.05, 3.63) is 122 Å². The van der Waals surface area contributed by atoms with E-state index < -0.39 is 4.92 Å². The fourth-order valence-corrected chi connectivity index (χ4v) is 3.67. The van der Waals surface area contributed by atoms with Crippen LogP contribution in [0.5, 0.6) is 11.6 Å². The highest BCUT2D eigenvalue weighted by atomic mass is 35.5. The van der Waals surface area contributed by atoms with Crippen molar-refractivity contribution in [2.45, 2.75) is 0 Å². The molecule has 0 atom stereocenters. The summed E-state index contributed by atoms with van der Waals surface area (Å²) in [5.74, 6) is 0.858. The molecule has 0 bridgehead atoms. The summed E-state index contributed by atoms with van der Waals surface area (Å²) in [4.78, 5) is 32.3. The molecule has 0 saturated heterocycles. The Balaban J connectivity index is 1.58. The summed E-state index contributed by atoms with van der Waals surface area (Å²) in [7, 11) is 0. The molecule has 36 heavy (non-hydrogen) atoms. The first-order chi connectivity index (χ1) is 17.5. The van der Waals surface area contributed by atoms with Crippen molar-refractivity contribution < 1.29 is 9.66 Å². The van der Waals surface area contributed by atoms with E-state index in [0.29, 0.717) is 33.1 Å². The van der Waals surface area contributed by atoms with Gasteiger partial charge in [-0.2, -0.15) is 9.78 Å². The first-order valence-electron chi connectivity index (χ1n) is 10.7. The van der Waals surface area contributed by atoms with Gasteiger partial charge in [-0.25, -0.2) is 9.97 Å². The quantitative estimate of drug-likeness (QED) is 0.169. The van der Waals surface area contributed by atoms with Gasteiger partial charge in [0.25, 0.3) is 11.2 Å². The van der Waals surface area contributed by atoms with E-state index in [2.05, 4.69) is 15.1 Å². The number of rotatable bonds is 6. The second-order valence-electron chi connectivity index (χ2n) is 7.58. The summed E-state index contributed by atoms with van der Waals surface area (Å²) >= 11 is 6.21. The van der Waals surface area contributed by atoms with Crippen molar-refractivity contribution in [2.24, 2.45) is 5.10 Å². The molecule has 10 heteroatoms. The molecular weight excluding hydrogens is 482 g/mol. The monoisotopic (exact) mass is 497 g/mol. The van der Waals surface area contributed by atoms with Gasteiger partial charge in [0, 0.05) is 28.3 Å². The number of ether oxygens (including phenoxy) is 1. The maximum Gasteiger partial charge on any atom is 0.287 e. The maximum absolute atomic E-state index is 13.4. The third-order valence-corrected chi connectivity index (χ3v) is 5.45. The number of para-hydroxylation sites is 1. The molecule has 176 valence electrons. The average molecular weight is 498 g/mol. The van der Waals surface area contributed by atoms with Gasteiger partial charge in [-0.3, -0.25) is 14.9 Å². The number of halogens is 1. The van der Waals surface area contributed by atoms with Gasteiger partial charge >= 0.3 is 0 Å². The Kier molecular flexibility index (Phi) is 6.21. The van der Waals surface area contributed by atoms with Gasteiger partial charge in [-0.1, -0.05) is 54.1 Å². The van der Waals surface area contributed by atoms with Crippen LogP contribution in [0.1, 0.15) is 5.56 Å². The number of benzene rings is 3. The Morgan fingerprint density at radius 2 is 1.78 bits per heavy atom. The van der Waals surface area contributed by atoms with Gasteiger partial charge in [-0.15, -0.1) is 0 Å². The molecule has 5 rings (SSSR count). The van der Waals surface area contributed by atoms with Gasteiger partial charge in [-0.05, 0) is 30.3 Å². The van der Waals surface area contributed by atoms with Gasteiger partial charge in [0.05, 0.1) is 22.0 Å². The van der Waals surface area contributed by atoms with Crippen LogP contribution in [-0.4, -0.2) is 25.8 Å². The Morgan fingerprint density at radius 1 is 1.00 bits per heavy atom. The van der Waals surface area contributed by atoms with Crippen molar-refractivity contribution in [1.29, 1.82) is 0 Å². The van der Waals surface area contributed by atoms with E-state index in [4.69, 9.17) is 16.3 Å². The fourth-order valence-electron chi connectivity index (χ4n) is 3.49. The molecule has 0 radical (unpaired) electrons. The van der Waals surface area contributed by atoms with Crippen LogP contribution in [0, 0.1) is 10.1 Å². The van der Waals surface area contributed by atoms with Crippen LogP contribution in [0.2, 0.25) is 5.02 Å². The topological polar surface area (TPSA) is 113 Å². The van der Waals surface area contributed by atoms with Crippen molar-refractivity contribution >= 4 is 34.4 Å². The minimum absolute atomic E-state index is 0.145. The lowest BCUT2D eigenvalue weighted by molar-refractivity contribution is -0.385. The van der Waals surface area contributed by atoms with Crippen molar-refractivity contribution in [3.63, 3.8) is 0 Å². The Labute approximate surface area is 209 Å². The number of nitrogens with zero attached hydrogens (tertiary/aromatic N) is 5. The van der Waals surface area contributed by atoms with Gasteiger partial charge < -0.3 is 4.74 Å². The third kappa shape index (κ3) is 4.68. The first-order valence-corrected chi connectivity index (χ1v) is 11.1. The maximum atomic E-state index is 13.4. The first kappa shape index (κ1) is 22.9. The van der Waals surface area contributed by atoms with Crippen molar-refractivity contribution in [2.75, 3.05) is 0 Å². The molecule has 0 aliphatic heterocycles. The molecule has 0 fully saturated rings. The molecule has 3 aromatic carbocycles. The average Bonchev–Trinajstić information content (AvgIpc) is 2.90. The zero-order valence-corrected chi connectivity index (χ0v) is 19.2. The number of nitro groups is 1. The van der Waals surface area contributed by atoms with E-state index in [0.717, 1.165) is 11.8 Å². The third-order valence-electron chi connectivity index (χ3n) is 5.22. The van der Waals surface area contributed by atoms with E-state index >= 15 is 0 Å². The number of pyridine rings is 1. The number of fused-ring (bicyclic) bond motifs is 1. The molecular formula is C26H16ClN5O4. The van der Waals surface area contributed by atoms with Crippen LogP contribution >= 0.6 is 11.6 Å². The fraction of sp³-hybridized carbons (Fsp3) is 0. The number of aromatic nitrogens is 3. The highest BCUT2D eigenvalue weighted by molar-refractivity contribution is 6.30. The Hall–Kier alpha value is -4.89. The minimum Gasteiger partial charge on any atom is -0.438 e. The number of hydrogen-bond acceptors (Lipinski definition) is 7. The summed E-state index contributed by atoms with van der Waals surface area (Å²) in [6, 6.07) is 23.9. The normalized spacial score (nSPS) is 11.1. The molecule has 9 nitrogen and oxygen atoms in total. The molecule has 0 aliphatic carbocycles. The SMILES string of the molecule is O=c1c2ccccc2nc(-c2ccccc2)n1N=Cc1cc(Cl)ccc1Oc1ccc([N+](=O)[O-])cn1. The molecule has 2 aromatic heterocycles. The summed E-state index contributed by atoms with van der Waals surface area (Å²) < 4.78 is 7.05. The predicted octanol–water partition coefficient (Wildman–Crippen LogP) is 5.69. The van der Waals surface area contributed by atoms with Crippen LogP contribution in [0.25, 0.3) is 22.3 Å². The molecule has 0 amide bonds. The summed E-state index contributed by atoms with van der Waals surface area (Å²) in [6.45, 7) is 0. The van der Waals surface area contributed by atoms with Gasteiger partial charge in [0.2, 0.25) is 5.88 Å². The van der Waals surface area contributed by atoms with Gasteiger partial charge in [0.1, 0.15) is 11.9 Å². The standard InChI is InChI=1S/C26H16ClN5O4/c27-19-10-12-23(36-24-13-11-20(16-28-24)32(34)35)18(14-19)15-29-31-25(17-6-2-1-3-7-17)30-22-9-5-4-8-21(22)26(31)33/h1-16H. The van der Waals surface area contributed by atoms with Crippen LogP contribution in [0.3, 0.4) is 0 Å². The minimum atomic E-state index is -0.545. The van der Waals surface area contributed by atoms with E-state index in [9.17, 15) is 14.9 Å². The van der Waals surface area contributed by atoms with Gasteiger partial charge in [0.15, 0.2) is 5.82 Å². The highest BCUT2D eigenvalue weighted by Gasteiger charge is 2.13. The molecule has 0 spiro atoms. The molecule has 5 aromatic rings. The number of hydrogen-bond donors (Lipinski definition) is 0. The lowest BCUT2D eigenvalue weighted by Gasteiger charge is -2.10. The zero-order valence-electron chi connectivity index (χ0n) is 18.5. The Morgan fingerprint density at radius 3 is 2.53 bits per heavy atom. The van der Waals surface area contributed by atoms with Crippen LogP contribution in [0.4, 0.5) is 5.69 Å². The van der Waals surface area contributed by atoms with Crippen molar-refractivity contribution in [1.82, 2.24) is 14.6 Å². The molecule has 0 N–H and O–H groups in total. The van der Waals surface area contributed by atoms with E-state index in [1.54, 1.807) is 36.4 Å². The van der Waals surface area contributed by atoms with Crippen LogP contribution < -0.4 is 10.3 Å². The van der Waals surface area contributed by atoms with Crippen LogP contribution in [-0.2, 0) is 0 Å². The molecule has 0 aliphatic rings. The zero-order chi connectivity index (χ0) is 25.1. The summed E-state index contributed by atoms with van der Waals surface area (Å²) in [5.41, 5.74) is 1.25. The lowest BCUT2D eigenvalue weighted by Crippen LogP contribution is -2.20. The second-order valence-corrected chi connectivity index (χ2v) is 8.01. The van der Waals surface area contributed by atoms with Crippen molar-refractivity contribution in [3.8, 4) is 23.0 Å². The summed E-state index contributed by atoms with van der Waals surface area (Å²) in [5, 5.41) is 16.2. The van der Waals surface area contributed by atoms with E-state index in [1.165, 1.54) is 23.0 Å². The molecule has 0 saturated carbocycles.